The fraction of sp³-hybridized carbons (Fsp3) is 0.565. The van der Waals surface area contributed by atoms with Gasteiger partial charge < -0.3 is 15.4 Å². The summed E-state index contributed by atoms with van der Waals surface area (Å²) >= 11 is 1.79. The fourth-order valence-corrected chi connectivity index (χ4v) is 4.87. The van der Waals surface area contributed by atoms with Gasteiger partial charge in [0.2, 0.25) is 0 Å². The van der Waals surface area contributed by atoms with E-state index in [4.69, 9.17) is 9.73 Å². The average molecular weight is 558 g/mol. The number of guanidine groups is 1. The minimum absolute atomic E-state index is 0. The SMILES string of the molecule is CCNC(=NCC(c1ccc(OC)cc1)N1CCCC1)NCCc1sc(C)nc1C.I. The van der Waals surface area contributed by atoms with Crippen molar-refractivity contribution in [1.82, 2.24) is 20.5 Å². The third kappa shape index (κ3) is 7.61. The summed E-state index contributed by atoms with van der Waals surface area (Å²) in [5.74, 6) is 1.78. The van der Waals surface area contributed by atoms with Gasteiger partial charge in [-0.2, -0.15) is 0 Å². The van der Waals surface area contributed by atoms with Crippen molar-refractivity contribution < 1.29 is 4.74 Å². The molecule has 0 bridgehead atoms. The van der Waals surface area contributed by atoms with Gasteiger partial charge in [0.1, 0.15) is 5.75 Å². The van der Waals surface area contributed by atoms with Crippen LogP contribution in [0.1, 0.15) is 46.9 Å². The zero-order valence-corrected chi connectivity index (χ0v) is 22.3. The number of nitrogens with one attached hydrogen (secondary N) is 2. The molecule has 1 aliphatic rings. The molecule has 172 valence electrons. The standard InChI is InChI=1S/C23H35N5OS.HI/c1-5-24-23(25-13-12-22-17(2)27-18(3)30-22)26-16-21(28-14-6-7-15-28)19-8-10-20(29-4)11-9-19;/h8-11,21H,5-7,12-16H2,1-4H3,(H2,24,25,26);1H. The van der Waals surface area contributed by atoms with Crippen LogP contribution in [-0.4, -0.2) is 55.7 Å². The van der Waals surface area contributed by atoms with Crippen LogP contribution in [0.2, 0.25) is 0 Å². The van der Waals surface area contributed by atoms with Crippen LogP contribution >= 0.6 is 35.3 Å². The van der Waals surface area contributed by atoms with Crippen molar-refractivity contribution in [1.29, 1.82) is 0 Å². The minimum atomic E-state index is 0. The van der Waals surface area contributed by atoms with Crippen LogP contribution in [0.15, 0.2) is 29.3 Å². The first kappa shape index (κ1) is 25.9. The lowest BCUT2D eigenvalue weighted by Crippen LogP contribution is -2.39. The van der Waals surface area contributed by atoms with E-state index in [0.29, 0.717) is 6.04 Å². The number of hydrogen-bond acceptors (Lipinski definition) is 5. The third-order valence-corrected chi connectivity index (χ3v) is 6.63. The summed E-state index contributed by atoms with van der Waals surface area (Å²) in [5.41, 5.74) is 2.45. The molecule has 3 rings (SSSR count). The molecule has 1 aromatic carbocycles. The van der Waals surface area contributed by atoms with Crippen LogP contribution in [0.25, 0.3) is 0 Å². The van der Waals surface area contributed by atoms with Crippen LogP contribution < -0.4 is 15.4 Å². The number of methoxy groups -OCH3 is 1. The van der Waals surface area contributed by atoms with Crippen LogP contribution in [0.4, 0.5) is 0 Å². The summed E-state index contributed by atoms with van der Waals surface area (Å²) in [6.07, 6.45) is 3.50. The number of nitrogens with zero attached hydrogens (tertiary/aromatic N) is 3. The van der Waals surface area contributed by atoms with Gasteiger partial charge in [-0.25, -0.2) is 4.98 Å². The molecular formula is C23H36IN5OS. The molecule has 1 atom stereocenters. The number of ether oxygens (including phenoxy) is 1. The van der Waals surface area contributed by atoms with Gasteiger partial charge in [0.15, 0.2) is 5.96 Å². The Morgan fingerprint density at radius 2 is 1.90 bits per heavy atom. The monoisotopic (exact) mass is 557 g/mol. The number of rotatable bonds is 9. The Morgan fingerprint density at radius 1 is 1.19 bits per heavy atom. The Balaban J connectivity index is 0.00000341. The Morgan fingerprint density at radius 3 is 2.48 bits per heavy atom. The first-order valence-corrected chi connectivity index (χ1v) is 11.8. The number of thiazole rings is 1. The van der Waals surface area contributed by atoms with Gasteiger partial charge in [-0.05, 0) is 64.4 Å². The largest absolute Gasteiger partial charge is 0.497 e. The lowest BCUT2D eigenvalue weighted by molar-refractivity contribution is 0.251. The van der Waals surface area contributed by atoms with Crippen LogP contribution in [0, 0.1) is 13.8 Å². The van der Waals surface area contributed by atoms with E-state index in [1.807, 2.05) is 12.1 Å². The quantitative estimate of drug-likeness (QED) is 0.273. The van der Waals surface area contributed by atoms with Gasteiger partial charge in [0.05, 0.1) is 30.4 Å². The van der Waals surface area contributed by atoms with E-state index in [9.17, 15) is 0 Å². The van der Waals surface area contributed by atoms with Crippen LogP contribution in [-0.2, 0) is 6.42 Å². The van der Waals surface area contributed by atoms with Gasteiger partial charge in [-0.1, -0.05) is 12.1 Å². The summed E-state index contributed by atoms with van der Waals surface area (Å²) in [4.78, 5) is 13.4. The molecule has 2 aromatic rings. The lowest BCUT2D eigenvalue weighted by Gasteiger charge is -2.27. The molecule has 0 amide bonds. The Labute approximate surface area is 207 Å². The molecule has 0 spiro atoms. The molecule has 2 N–H and O–H groups in total. The predicted molar refractivity (Wildman–Crippen MR) is 141 cm³/mol. The van der Waals surface area contributed by atoms with Gasteiger partial charge >= 0.3 is 0 Å². The Kier molecular flexibility index (Phi) is 11.0. The topological polar surface area (TPSA) is 61.8 Å². The molecule has 0 saturated carbocycles. The van der Waals surface area contributed by atoms with Crippen LogP contribution in [0.5, 0.6) is 5.75 Å². The smallest absolute Gasteiger partial charge is 0.191 e. The summed E-state index contributed by atoms with van der Waals surface area (Å²) in [6.45, 7) is 11.0. The van der Waals surface area contributed by atoms with Gasteiger partial charge in [-0.3, -0.25) is 9.89 Å². The highest BCUT2D eigenvalue weighted by molar-refractivity contribution is 14.0. The average Bonchev–Trinajstić information content (AvgIpc) is 3.38. The highest BCUT2D eigenvalue weighted by Gasteiger charge is 2.23. The van der Waals surface area contributed by atoms with Crippen molar-refractivity contribution in [2.24, 2.45) is 4.99 Å². The molecule has 6 nitrogen and oxygen atoms in total. The first-order valence-electron chi connectivity index (χ1n) is 10.9. The number of benzene rings is 1. The van der Waals surface area contributed by atoms with Crippen molar-refractivity contribution in [2.75, 3.05) is 39.8 Å². The second-order valence-electron chi connectivity index (χ2n) is 7.67. The zero-order chi connectivity index (χ0) is 21.3. The second kappa shape index (κ2) is 13.2. The van der Waals surface area contributed by atoms with E-state index in [0.717, 1.165) is 61.6 Å². The van der Waals surface area contributed by atoms with Crippen molar-refractivity contribution >= 4 is 41.3 Å². The maximum Gasteiger partial charge on any atom is 0.191 e. The number of aromatic nitrogens is 1. The van der Waals surface area contributed by atoms with Gasteiger partial charge in [0, 0.05) is 24.4 Å². The van der Waals surface area contributed by atoms with Gasteiger partial charge in [0.25, 0.3) is 0 Å². The molecule has 1 unspecified atom stereocenters. The number of halogens is 1. The number of aryl methyl sites for hydroxylation is 2. The van der Waals surface area contributed by atoms with Gasteiger partial charge in [-0.15, -0.1) is 35.3 Å². The zero-order valence-electron chi connectivity index (χ0n) is 19.1. The van der Waals surface area contributed by atoms with E-state index in [2.05, 4.69) is 53.4 Å². The summed E-state index contributed by atoms with van der Waals surface area (Å²) in [7, 11) is 1.71. The molecule has 1 fully saturated rings. The number of aliphatic imine (C=N–C) groups is 1. The van der Waals surface area contributed by atoms with Crippen LogP contribution in [0.3, 0.4) is 0 Å². The van der Waals surface area contributed by atoms with E-state index in [-0.39, 0.29) is 24.0 Å². The summed E-state index contributed by atoms with van der Waals surface area (Å²) in [5, 5.41) is 8.03. The predicted octanol–water partition coefficient (Wildman–Crippen LogP) is 4.32. The molecule has 1 aliphatic heterocycles. The van der Waals surface area contributed by atoms with Crippen molar-refractivity contribution in [2.45, 2.75) is 46.1 Å². The molecule has 0 radical (unpaired) electrons. The van der Waals surface area contributed by atoms with Crippen molar-refractivity contribution in [3.8, 4) is 5.75 Å². The maximum atomic E-state index is 5.33. The third-order valence-electron chi connectivity index (χ3n) is 5.49. The van der Waals surface area contributed by atoms with E-state index < -0.39 is 0 Å². The lowest BCUT2D eigenvalue weighted by atomic mass is 10.1. The molecule has 31 heavy (non-hydrogen) atoms. The van der Waals surface area contributed by atoms with Crippen molar-refractivity contribution in [3.05, 3.63) is 45.4 Å². The number of likely N-dealkylation sites (tertiary alicyclic amines) is 1. The van der Waals surface area contributed by atoms with E-state index in [1.54, 1.807) is 18.4 Å². The first-order chi connectivity index (χ1) is 14.6. The number of hydrogen-bond donors (Lipinski definition) is 2. The fourth-order valence-electron chi connectivity index (χ4n) is 3.93. The molecular weight excluding hydrogens is 521 g/mol. The van der Waals surface area contributed by atoms with E-state index in [1.165, 1.54) is 23.3 Å². The normalized spacial score (nSPS) is 15.4. The Bertz CT molecular complexity index is 818. The van der Waals surface area contributed by atoms with E-state index >= 15 is 0 Å². The highest BCUT2D eigenvalue weighted by atomic mass is 127. The molecule has 8 heteroatoms. The second-order valence-corrected chi connectivity index (χ2v) is 8.96. The molecule has 0 aliphatic carbocycles. The molecule has 1 aromatic heterocycles. The highest BCUT2D eigenvalue weighted by Crippen LogP contribution is 2.27. The summed E-state index contributed by atoms with van der Waals surface area (Å²) in [6, 6.07) is 8.73. The summed E-state index contributed by atoms with van der Waals surface area (Å²) < 4.78 is 5.33. The van der Waals surface area contributed by atoms with Crippen molar-refractivity contribution in [3.63, 3.8) is 0 Å². The molecule has 1 saturated heterocycles. The minimum Gasteiger partial charge on any atom is -0.497 e. The Hall–Kier alpha value is -1.39. The maximum absolute atomic E-state index is 5.33. The molecule has 2 heterocycles.